The molecule has 0 N–H and O–H groups in total. The van der Waals surface area contributed by atoms with Crippen LogP contribution in [0.1, 0.15) is 25.8 Å². The molecule has 0 spiro atoms. The third-order valence-corrected chi connectivity index (χ3v) is 2.49. The van der Waals surface area contributed by atoms with E-state index in [2.05, 4.69) is 11.1 Å². The van der Waals surface area contributed by atoms with E-state index in [0.717, 1.165) is 0 Å². The molecule has 1 aromatic heterocycles. The Kier molecular flexibility index (Phi) is 4.75. The molecule has 0 atom stereocenters. The molecule has 0 aliphatic heterocycles. The van der Waals surface area contributed by atoms with Gasteiger partial charge in [0.25, 0.3) is 0 Å². The average Bonchev–Trinajstić information content (AvgIpc) is 2.28. The molecular weight excluding hydrogens is 236 g/mol. The molecule has 0 saturated heterocycles. The fourth-order valence-electron chi connectivity index (χ4n) is 1.50. The normalized spacial score (nSPS) is 9.76. The van der Waals surface area contributed by atoms with Crippen molar-refractivity contribution in [2.24, 2.45) is 0 Å². The van der Waals surface area contributed by atoms with Crippen molar-refractivity contribution in [2.45, 2.75) is 26.3 Å². The van der Waals surface area contributed by atoms with E-state index < -0.39 is 0 Å². The first-order valence-corrected chi connectivity index (χ1v) is 5.67. The lowest BCUT2D eigenvalue weighted by Crippen LogP contribution is -2.32. The third-order valence-electron chi connectivity index (χ3n) is 2.29. The van der Waals surface area contributed by atoms with Crippen LogP contribution in [-0.4, -0.2) is 17.6 Å². The largest absolute Gasteiger partial charge is 0.353 e. The Morgan fingerprint density at radius 1 is 1.41 bits per heavy atom. The molecule has 88 valence electrons. The lowest BCUT2D eigenvalue weighted by Gasteiger charge is -2.27. The number of anilines is 1. The van der Waals surface area contributed by atoms with Crippen LogP contribution in [0.4, 0.5) is 5.82 Å². The van der Waals surface area contributed by atoms with Crippen molar-refractivity contribution in [3.05, 3.63) is 22.8 Å². The van der Waals surface area contributed by atoms with E-state index >= 15 is 0 Å². The second-order valence-electron chi connectivity index (χ2n) is 3.84. The Hall–Kier alpha value is -1.78. The second kappa shape index (κ2) is 6.08. The quantitative estimate of drug-likeness (QED) is 0.769. The number of pyridine rings is 1. The molecule has 17 heavy (non-hydrogen) atoms. The summed E-state index contributed by atoms with van der Waals surface area (Å²) in [6.07, 6.45) is 0.411. The van der Waals surface area contributed by atoms with E-state index in [1.807, 2.05) is 24.8 Å². The van der Waals surface area contributed by atoms with Gasteiger partial charge in [0.2, 0.25) is 0 Å². The van der Waals surface area contributed by atoms with Crippen LogP contribution in [-0.2, 0) is 0 Å². The summed E-state index contributed by atoms with van der Waals surface area (Å²) in [5.74, 6) is 0.638. The van der Waals surface area contributed by atoms with Gasteiger partial charge in [-0.25, -0.2) is 4.98 Å². The first-order valence-electron chi connectivity index (χ1n) is 5.29. The number of hydrogen-bond acceptors (Lipinski definition) is 4. The monoisotopic (exact) mass is 248 g/mol. The van der Waals surface area contributed by atoms with Crippen molar-refractivity contribution < 1.29 is 0 Å². The highest BCUT2D eigenvalue weighted by Gasteiger charge is 2.13. The molecule has 0 aromatic carbocycles. The van der Waals surface area contributed by atoms with Crippen molar-refractivity contribution in [2.75, 3.05) is 11.4 Å². The molecule has 4 nitrogen and oxygen atoms in total. The van der Waals surface area contributed by atoms with E-state index in [-0.39, 0.29) is 6.04 Å². The predicted molar refractivity (Wildman–Crippen MR) is 66.7 cm³/mol. The summed E-state index contributed by atoms with van der Waals surface area (Å²) < 4.78 is 0. The molecule has 1 aromatic rings. The summed E-state index contributed by atoms with van der Waals surface area (Å²) in [6.45, 7) is 4.59. The van der Waals surface area contributed by atoms with E-state index in [1.54, 1.807) is 6.07 Å². The van der Waals surface area contributed by atoms with Crippen molar-refractivity contribution in [3.63, 3.8) is 0 Å². The number of halogens is 1. The van der Waals surface area contributed by atoms with E-state index in [1.165, 1.54) is 6.07 Å². The fraction of sp³-hybridized carbons (Fsp3) is 0.417. The fourth-order valence-corrected chi connectivity index (χ4v) is 1.71. The van der Waals surface area contributed by atoms with Gasteiger partial charge in [-0.3, -0.25) is 0 Å². The minimum Gasteiger partial charge on any atom is -0.353 e. The van der Waals surface area contributed by atoms with Crippen molar-refractivity contribution in [3.8, 4) is 12.1 Å². The second-order valence-corrected chi connectivity index (χ2v) is 4.23. The molecule has 0 unspecified atom stereocenters. The zero-order chi connectivity index (χ0) is 12.8. The van der Waals surface area contributed by atoms with E-state index in [0.29, 0.717) is 29.5 Å². The zero-order valence-electron chi connectivity index (χ0n) is 9.81. The molecule has 0 saturated carbocycles. The van der Waals surface area contributed by atoms with Gasteiger partial charge in [-0.15, -0.1) is 0 Å². The molecule has 1 heterocycles. The number of rotatable bonds is 4. The lowest BCUT2D eigenvalue weighted by atomic mass is 10.2. The molecule has 5 heteroatoms. The van der Waals surface area contributed by atoms with Gasteiger partial charge in [-0.05, 0) is 26.0 Å². The number of hydrogen-bond donors (Lipinski definition) is 0. The number of aromatic nitrogens is 1. The van der Waals surface area contributed by atoms with Gasteiger partial charge in [0.15, 0.2) is 0 Å². The SMILES string of the molecule is CC(C)N(CCC#N)c1cc(C#N)cc(Cl)n1. The third kappa shape index (κ3) is 3.62. The molecule has 0 fully saturated rings. The van der Waals surface area contributed by atoms with Crippen LogP contribution in [0, 0.1) is 22.7 Å². The summed E-state index contributed by atoms with van der Waals surface area (Å²) in [5, 5.41) is 17.8. The molecule has 0 radical (unpaired) electrons. The van der Waals surface area contributed by atoms with E-state index in [4.69, 9.17) is 22.1 Å². The molecule has 1 rings (SSSR count). The molecular formula is C12H13ClN4. The smallest absolute Gasteiger partial charge is 0.132 e. The standard InChI is InChI=1S/C12H13ClN4/c1-9(2)17(5-3-4-14)12-7-10(8-15)6-11(13)16-12/h6-7,9H,3,5H2,1-2H3. The Morgan fingerprint density at radius 2 is 2.12 bits per heavy atom. The lowest BCUT2D eigenvalue weighted by molar-refractivity contribution is 0.677. The van der Waals surface area contributed by atoms with Crippen molar-refractivity contribution >= 4 is 17.4 Å². The predicted octanol–water partition coefficient (Wildman–Crippen LogP) is 2.74. The molecule has 0 bridgehead atoms. The van der Waals surface area contributed by atoms with Gasteiger partial charge in [-0.1, -0.05) is 11.6 Å². The van der Waals surface area contributed by atoms with E-state index in [9.17, 15) is 0 Å². The van der Waals surface area contributed by atoms with Crippen LogP contribution in [0.3, 0.4) is 0 Å². The van der Waals surface area contributed by atoms with Gasteiger partial charge in [0.1, 0.15) is 11.0 Å². The van der Waals surface area contributed by atoms with Gasteiger partial charge in [0, 0.05) is 12.6 Å². The van der Waals surface area contributed by atoms with Crippen LogP contribution in [0.2, 0.25) is 5.15 Å². The molecule has 0 aliphatic rings. The highest BCUT2D eigenvalue weighted by Crippen LogP contribution is 2.20. The maximum absolute atomic E-state index is 8.88. The Bertz CT molecular complexity index is 470. The van der Waals surface area contributed by atoms with Gasteiger partial charge in [-0.2, -0.15) is 10.5 Å². The van der Waals surface area contributed by atoms with Gasteiger partial charge < -0.3 is 4.90 Å². The van der Waals surface area contributed by atoms with Crippen LogP contribution >= 0.6 is 11.6 Å². The highest BCUT2D eigenvalue weighted by molar-refractivity contribution is 6.29. The first-order chi connectivity index (χ1) is 8.08. The highest BCUT2D eigenvalue weighted by atomic mass is 35.5. The molecule has 0 aliphatic carbocycles. The molecule has 0 amide bonds. The number of nitriles is 2. The van der Waals surface area contributed by atoms with Gasteiger partial charge in [0.05, 0.1) is 24.1 Å². The van der Waals surface area contributed by atoms with Crippen molar-refractivity contribution in [1.29, 1.82) is 10.5 Å². The van der Waals surface area contributed by atoms with Crippen molar-refractivity contribution in [1.82, 2.24) is 4.98 Å². The van der Waals surface area contributed by atoms with Crippen LogP contribution in [0.15, 0.2) is 12.1 Å². The number of nitrogens with zero attached hydrogens (tertiary/aromatic N) is 4. The maximum atomic E-state index is 8.88. The summed E-state index contributed by atoms with van der Waals surface area (Å²) >= 11 is 5.86. The maximum Gasteiger partial charge on any atom is 0.132 e. The van der Waals surface area contributed by atoms with Crippen LogP contribution < -0.4 is 4.90 Å². The minimum atomic E-state index is 0.195. The van der Waals surface area contributed by atoms with Crippen LogP contribution in [0.5, 0.6) is 0 Å². The van der Waals surface area contributed by atoms with Crippen LogP contribution in [0.25, 0.3) is 0 Å². The average molecular weight is 249 g/mol. The Labute approximate surface area is 106 Å². The summed E-state index contributed by atoms with van der Waals surface area (Å²) in [5.41, 5.74) is 0.475. The Morgan fingerprint density at radius 3 is 2.65 bits per heavy atom. The first kappa shape index (κ1) is 13.3. The minimum absolute atomic E-state index is 0.195. The summed E-state index contributed by atoms with van der Waals surface area (Å²) in [7, 11) is 0. The summed E-state index contributed by atoms with van der Waals surface area (Å²) in [6, 6.07) is 7.54. The summed E-state index contributed by atoms with van der Waals surface area (Å²) in [4.78, 5) is 6.14. The Balaban J connectivity index is 3.06. The van der Waals surface area contributed by atoms with Gasteiger partial charge >= 0.3 is 0 Å². The topological polar surface area (TPSA) is 63.7 Å². The zero-order valence-corrected chi connectivity index (χ0v) is 10.6.